The Morgan fingerprint density at radius 3 is 2.45 bits per heavy atom. The summed E-state index contributed by atoms with van der Waals surface area (Å²) >= 11 is 0. The molecule has 0 aliphatic heterocycles. The molecule has 0 bridgehead atoms. The minimum atomic E-state index is 0.181. The van der Waals surface area contributed by atoms with Crippen molar-refractivity contribution in [2.75, 3.05) is 18.5 Å². The highest BCUT2D eigenvalue weighted by Gasteiger charge is 2.43. The molecule has 0 spiro atoms. The van der Waals surface area contributed by atoms with Crippen LogP contribution in [0.15, 0.2) is 24.3 Å². The summed E-state index contributed by atoms with van der Waals surface area (Å²) in [5, 5.41) is 0. The molecule has 0 amide bonds. The van der Waals surface area contributed by atoms with Gasteiger partial charge in [0.25, 0.3) is 0 Å². The molecule has 2 aliphatic carbocycles. The average molecular weight is 272 g/mol. The van der Waals surface area contributed by atoms with E-state index in [1.807, 2.05) is 0 Å². The Kier molecular flexibility index (Phi) is 3.76. The Hall–Kier alpha value is -1.02. The lowest BCUT2D eigenvalue weighted by atomic mass is 9.72. The summed E-state index contributed by atoms with van der Waals surface area (Å²) in [5.74, 6) is 1.92. The smallest absolute Gasteiger partial charge is 0.0523 e. The molecule has 2 N–H and O–H groups in total. The minimum Gasteiger partial charge on any atom is -0.368 e. The van der Waals surface area contributed by atoms with Crippen molar-refractivity contribution in [2.45, 2.75) is 51.0 Å². The summed E-state index contributed by atoms with van der Waals surface area (Å²) in [6.45, 7) is 2.92. The van der Waals surface area contributed by atoms with Gasteiger partial charge in [-0.2, -0.15) is 0 Å². The Morgan fingerprint density at radius 1 is 1.15 bits per heavy atom. The molecule has 1 aromatic carbocycles. The molecule has 110 valence electrons. The van der Waals surface area contributed by atoms with Gasteiger partial charge in [0.15, 0.2) is 0 Å². The molecule has 0 heterocycles. The third kappa shape index (κ3) is 2.58. The van der Waals surface area contributed by atoms with Gasteiger partial charge in [-0.15, -0.1) is 0 Å². The Balaban J connectivity index is 1.81. The molecule has 2 unspecified atom stereocenters. The van der Waals surface area contributed by atoms with Gasteiger partial charge in [-0.25, -0.2) is 0 Å². The normalized spacial score (nSPS) is 30.2. The molecule has 2 saturated carbocycles. The highest BCUT2D eigenvalue weighted by atomic mass is 15.2. The number of anilines is 1. The Morgan fingerprint density at radius 2 is 1.85 bits per heavy atom. The lowest BCUT2D eigenvalue weighted by molar-refractivity contribution is 0.204. The predicted molar refractivity (Wildman–Crippen MR) is 86.0 cm³/mol. The van der Waals surface area contributed by atoms with E-state index in [1.165, 1.54) is 49.8 Å². The second-order valence-electron chi connectivity index (χ2n) is 7.02. The molecule has 0 radical (unpaired) electrons. The van der Waals surface area contributed by atoms with Gasteiger partial charge in [0.2, 0.25) is 0 Å². The maximum atomic E-state index is 6.25. The van der Waals surface area contributed by atoms with Crippen LogP contribution in [0.1, 0.15) is 44.1 Å². The third-order valence-electron chi connectivity index (χ3n) is 5.66. The fourth-order valence-corrected chi connectivity index (χ4v) is 4.02. The highest BCUT2D eigenvalue weighted by Crippen LogP contribution is 2.48. The first kappa shape index (κ1) is 13.9. The first-order valence-electron chi connectivity index (χ1n) is 8.15. The SMILES string of the molecule is Cc1ccc(N(C)C2(CN)CCCC(C3CC3)C2)cc1. The minimum absolute atomic E-state index is 0.181. The van der Waals surface area contributed by atoms with E-state index in [-0.39, 0.29) is 5.54 Å². The largest absolute Gasteiger partial charge is 0.368 e. The van der Waals surface area contributed by atoms with Gasteiger partial charge < -0.3 is 10.6 Å². The monoisotopic (exact) mass is 272 g/mol. The van der Waals surface area contributed by atoms with Crippen LogP contribution in [-0.2, 0) is 0 Å². The lowest BCUT2D eigenvalue weighted by Gasteiger charge is -2.48. The highest BCUT2D eigenvalue weighted by molar-refractivity contribution is 5.49. The second-order valence-corrected chi connectivity index (χ2v) is 7.02. The van der Waals surface area contributed by atoms with E-state index in [2.05, 4.69) is 43.1 Å². The number of likely N-dealkylation sites (N-methyl/N-ethyl adjacent to an activating group) is 1. The summed E-state index contributed by atoms with van der Waals surface area (Å²) in [5.41, 5.74) is 9.07. The van der Waals surface area contributed by atoms with E-state index in [0.717, 1.165) is 18.4 Å². The molecular formula is C18H28N2. The van der Waals surface area contributed by atoms with Gasteiger partial charge in [0, 0.05) is 19.3 Å². The summed E-state index contributed by atoms with van der Waals surface area (Å²) in [4.78, 5) is 2.47. The zero-order valence-corrected chi connectivity index (χ0v) is 12.9. The molecule has 0 aromatic heterocycles. The first-order valence-corrected chi connectivity index (χ1v) is 8.15. The van der Waals surface area contributed by atoms with Crippen LogP contribution >= 0.6 is 0 Å². The van der Waals surface area contributed by atoms with Crippen molar-refractivity contribution in [2.24, 2.45) is 17.6 Å². The lowest BCUT2D eigenvalue weighted by Crippen LogP contribution is -2.55. The molecule has 2 heteroatoms. The van der Waals surface area contributed by atoms with Crippen molar-refractivity contribution < 1.29 is 0 Å². The number of hydrogen-bond acceptors (Lipinski definition) is 2. The van der Waals surface area contributed by atoms with E-state index >= 15 is 0 Å². The van der Waals surface area contributed by atoms with E-state index in [0.29, 0.717) is 0 Å². The van der Waals surface area contributed by atoms with Gasteiger partial charge in [0.1, 0.15) is 0 Å². The van der Waals surface area contributed by atoms with Gasteiger partial charge in [0.05, 0.1) is 5.54 Å². The van der Waals surface area contributed by atoms with E-state index in [9.17, 15) is 0 Å². The molecule has 2 nitrogen and oxygen atoms in total. The number of hydrogen-bond donors (Lipinski definition) is 1. The van der Waals surface area contributed by atoms with Crippen LogP contribution in [0.4, 0.5) is 5.69 Å². The number of benzene rings is 1. The van der Waals surface area contributed by atoms with Crippen molar-refractivity contribution in [1.29, 1.82) is 0 Å². The van der Waals surface area contributed by atoms with Crippen molar-refractivity contribution in [1.82, 2.24) is 0 Å². The van der Waals surface area contributed by atoms with Gasteiger partial charge in [-0.05, 0) is 56.6 Å². The number of aryl methyl sites for hydroxylation is 1. The van der Waals surface area contributed by atoms with E-state index < -0.39 is 0 Å². The summed E-state index contributed by atoms with van der Waals surface area (Å²) in [6.07, 6.45) is 8.22. The fraction of sp³-hybridized carbons (Fsp3) is 0.667. The topological polar surface area (TPSA) is 29.3 Å². The fourth-order valence-electron chi connectivity index (χ4n) is 4.02. The predicted octanol–water partition coefficient (Wildman–Crippen LogP) is 3.73. The average Bonchev–Trinajstić information content (AvgIpc) is 3.32. The summed E-state index contributed by atoms with van der Waals surface area (Å²) in [6, 6.07) is 8.90. The molecule has 1 aromatic rings. The first-order chi connectivity index (χ1) is 9.64. The summed E-state index contributed by atoms with van der Waals surface area (Å²) in [7, 11) is 2.24. The van der Waals surface area contributed by atoms with Crippen molar-refractivity contribution in [3.05, 3.63) is 29.8 Å². The third-order valence-corrected chi connectivity index (χ3v) is 5.66. The number of nitrogens with two attached hydrogens (primary N) is 1. The van der Waals surface area contributed by atoms with Crippen LogP contribution in [-0.4, -0.2) is 19.1 Å². The van der Waals surface area contributed by atoms with Crippen LogP contribution < -0.4 is 10.6 Å². The molecule has 2 atom stereocenters. The van der Waals surface area contributed by atoms with Gasteiger partial charge >= 0.3 is 0 Å². The van der Waals surface area contributed by atoms with E-state index in [1.54, 1.807) is 0 Å². The second kappa shape index (κ2) is 5.40. The Bertz CT molecular complexity index is 449. The zero-order chi connectivity index (χ0) is 14.2. The molecule has 2 fully saturated rings. The van der Waals surface area contributed by atoms with Crippen LogP contribution in [0.2, 0.25) is 0 Å². The maximum Gasteiger partial charge on any atom is 0.0523 e. The molecular weight excluding hydrogens is 244 g/mol. The summed E-state index contributed by atoms with van der Waals surface area (Å²) < 4.78 is 0. The van der Waals surface area contributed by atoms with Gasteiger partial charge in [-0.3, -0.25) is 0 Å². The Labute approximate surface area is 123 Å². The van der Waals surface area contributed by atoms with Crippen LogP contribution in [0.25, 0.3) is 0 Å². The molecule has 0 saturated heterocycles. The van der Waals surface area contributed by atoms with Crippen LogP contribution in [0.3, 0.4) is 0 Å². The van der Waals surface area contributed by atoms with E-state index in [4.69, 9.17) is 5.73 Å². The van der Waals surface area contributed by atoms with Crippen molar-refractivity contribution in [3.63, 3.8) is 0 Å². The number of rotatable bonds is 4. The molecule has 2 aliphatic rings. The van der Waals surface area contributed by atoms with Crippen LogP contribution in [0, 0.1) is 18.8 Å². The van der Waals surface area contributed by atoms with Crippen molar-refractivity contribution in [3.8, 4) is 0 Å². The zero-order valence-electron chi connectivity index (χ0n) is 12.9. The standard InChI is InChI=1S/C18H28N2/c1-14-5-9-17(10-6-14)20(2)18(13-19)11-3-4-16(12-18)15-7-8-15/h5-6,9-10,15-16H,3-4,7-8,11-13,19H2,1-2H3. The van der Waals surface area contributed by atoms with Gasteiger partial charge in [-0.1, -0.05) is 30.5 Å². The quantitative estimate of drug-likeness (QED) is 0.905. The maximum absolute atomic E-state index is 6.25. The van der Waals surface area contributed by atoms with Crippen molar-refractivity contribution >= 4 is 5.69 Å². The number of nitrogens with zero attached hydrogens (tertiary/aromatic N) is 1. The molecule has 20 heavy (non-hydrogen) atoms. The molecule has 3 rings (SSSR count). The van der Waals surface area contributed by atoms with Crippen LogP contribution in [0.5, 0.6) is 0 Å².